The molecule has 1 aliphatic rings. The summed E-state index contributed by atoms with van der Waals surface area (Å²) >= 11 is 0. The van der Waals surface area contributed by atoms with Crippen LogP contribution in [-0.2, 0) is 9.59 Å². The Labute approximate surface area is 114 Å². The molecule has 1 fully saturated rings. The van der Waals surface area contributed by atoms with Crippen LogP contribution in [0.15, 0.2) is 24.3 Å². The van der Waals surface area contributed by atoms with Crippen LogP contribution in [-0.4, -0.2) is 52.3 Å². The van der Waals surface area contributed by atoms with Gasteiger partial charge >= 0.3 is 5.97 Å². The maximum atomic E-state index is 12.7. The van der Waals surface area contributed by atoms with Crippen LogP contribution >= 0.6 is 0 Å². The minimum atomic E-state index is -1.16. The molecular weight excluding hydrogens is 269 g/mol. The molecule has 108 valence electrons. The number of likely N-dealkylation sites (tertiary alicyclic amines) is 1. The SMILES string of the molecule is O=C(O)[C@@H]1CC(O)CN1C(=O)COc1ccc(F)cc1. The van der Waals surface area contributed by atoms with Crippen LogP contribution in [0.4, 0.5) is 4.39 Å². The maximum Gasteiger partial charge on any atom is 0.326 e. The number of hydrogen-bond acceptors (Lipinski definition) is 4. The van der Waals surface area contributed by atoms with Gasteiger partial charge in [-0.05, 0) is 24.3 Å². The second kappa shape index (κ2) is 5.87. The van der Waals surface area contributed by atoms with Gasteiger partial charge in [-0.15, -0.1) is 0 Å². The first-order valence-corrected chi connectivity index (χ1v) is 6.06. The van der Waals surface area contributed by atoms with Crippen molar-refractivity contribution in [3.63, 3.8) is 0 Å². The largest absolute Gasteiger partial charge is 0.484 e. The first kappa shape index (κ1) is 14.3. The van der Waals surface area contributed by atoms with Crippen LogP contribution in [0.5, 0.6) is 5.75 Å². The van der Waals surface area contributed by atoms with Crippen molar-refractivity contribution in [1.29, 1.82) is 0 Å². The third kappa shape index (κ3) is 3.24. The molecule has 7 heteroatoms. The molecule has 1 saturated heterocycles. The summed E-state index contributed by atoms with van der Waals surface area (Å²) in [5.74, 6) is -1.79. The topological polar surface area (TPSA) is 87.1 Å². The Morgan fingerprint density at radius 3 is 2.60 bits per heavy atom. The van der Waals surface area contributed by atoms with E-state index in [2.05, 4.69) is 0 Å². The van der Waals surface area contributed by atoms with E-state index in [1.165, 1.54) is 24.3 Å². The summed E-state index contributed by atoms with van der Waals surface area (Å²) in [6, 6.07) is 4.10. The monoisotopic (exact) mass is 283 g/mol. The number of ether oxygens (including phenoxy) is 1. The molecule has 1 unspecified atom stereocenters. The minimum Gasteiger partial charge on any atom is -0.484 e. The molecule has 2 atom stereocenters. The average Bonchev–Trinajstić information content (AvgIpc) is 2.80. The molecule has 0 aromatic heterocycles. The van der Waals surface area contributed by atoms with Gasteiger partial charge in [-0.2, -0.15) is 0 Å². The van der Waals surface area contributed by atoms with Gasteiger partial charge in [0.25, 0.3) is 5.91 Å². The number of aliphatic hydroxyl groups excluding tert-OH is 1. The van der Waals surface area contributed by atoms with E-state index in [1.807, 2.05) is 0 Å². The molecule has 0 saturated carbocycles. The fourth-order valence-corrected chi connectivity index (χ4v) is 2.08. The lowest BCUT2D eigenvalue weighted by Crippen LogP contribution is -2.42. The maximum absolute atomic E-state index is 12.7. The second-order valence-corrected chi connectivity index (χ2v) is 4.53. The van der Waals surface area contributed by atoms with Gasteiger partial charge < -0.3 is 19.8 Å². The van der Waals surface area contributed by atoms with Crippen LogP contribution < -0.4 is 4.74 Å². The van der Waals surface area contributed by atoms with E-state index in [1.54, 1.807) is 0 Å². The molecule has 0 aliphatic carbocycles. The molecular formula is C13H14FNO5. The summed E-state index contributed by atoms with van der Waals surface area (Å²) in [7, 11) is 0. The number of carbonyl (C=O) groups excluding carboxylic acids is 1. The van der Waals surface area contributed by atoms with Crippen LogP contribution in [0.25, 0.3) is 0 Å². The number of aliphatic carboxylic acids is 1. The van der Waals surface area contributed by atoms with E-state index in [0.717, 1.165) is 4.90 Å². The summed E-state index contributed by atoms with van der Waals surface area (Å²) in [4.78, 5) is 24.0. The first-order valence-electron chi connectivity index (χ1n) is 6.06. The van der Waals surface area contributed by atoms with Crippen LogP contribution in [0, 0.1) is 5.82 Å². The Morgan fingerprint density at radius 1 is 1.35 bits per heavy atom. The normalized spacial score (nSPS) is 21.8. The van der Waals surface area contributed by atoms with Gasteiger partial charge in [-0.25, -0.2) is 9.18 Å². The number of benzene rings is 1. The number of amides is 1. The van der Waals surface area contributed by atoms with E-state index < -0.39 is 29.8 Å². The zero-order valence-corrected chi connectivity index (χ0v) is 10.5. The van der Waals surface area contributed by atoms with Crippen molar-refractivity contribution in [2.45, 2.75) is 18.6 Å². The highest BCUT2D eigenvalue weighted by Crippen LogP contribution is 2.19. The number of β-amino-alcohol motifs (C(OH)–C–C–N with tert-alkyl or cyclic N) is 1. The molecule has 1 heterocycles. The Balaban J connectivity index is 1.94. The van der Waals surface area contributed by atoms with E-state index in [4.69, 9.17) is 9.84 Å². The van der Waals surface area contributed by atoms with Crippen molar-refractivity contribution >= 4 is 11.9 Å². The smallest absolute Gasteiger partial charge is 0.326 e. The lowest BCUT2D eigenvalue weighted by atomic mass is 10.2. The Morgan fingerprint density at radius 2 is 2.00 bits per heavy atom. The van der Waals surface area contributed by atoms with Gasteiger partial charge in [-0.1, -0.05) is 0 Å². The number of carboxylic acids is 1. The summed E-state index contributed by atoms with van der Waals surface area (Å²) in [5.41, 5.74) is 0. The van der Waals surface area contributed by atoms with Crippen molar-refractivity contribution in [2.75, 3.05) is 13.2 Å². The molecule has 6 nitrogen and oxygen atoms in total. The standard InChI is InChI=1S/C13H14FNO5/c14-8-1-3-10(4-2-8)20-7-12(17)15-6-9(16)5-11(15)13(18)19/h1-4,9,11,16H,5-7H2,(H,18,19)/t9?,11-/m0/s1. The van der Waals surface area contributed by atoms with Gasteiger partial charge in [0.1, 0.15) is 17.6 Å². The van der Waals surface area contributed by atoms with Gasteiger partial charge in [0, 0.05) is 13.0 Å². The van der Waals surface area contributed by atoms with E-state index in [-0.39, 0.29) is 19.6 Å². The van der Waals surface area contributed by atoms with Gasteiger partial charge in [0.15, 0.2) is 6.61 Å². The average molecular weight is 283 g/mol. The minimum absolute atomic E-state index is 0.0115. The number of nitrogens with zero attached hydrogens (tertiary/aromatic N) is 1. The number of aliphatic hydroxyl groups is 1. The molecule has 1 aromatic carbocycles. The molecule has 1 amide bonds. The predicted molar refractivity (Wildman–Crippen MR) is 65.7 cm³/mol. The zero-order valence-electron chi connectivity index (χ0n) is 10.5. The van der Waals surface area contributed by atoms with Gasteiger partial charge in [-0.3, -0.25) is 4.79 Å². The molecule has 20 heavy (non-hydrogen) atoms. The Kier molecular flexibility index (Phi) is 4.19. The van der Waals surface area contributed by atoms with E-state index >= 15 is 0 Å². The van der Waals surface area contributed by atoms with Crippen LogP contribution in [0.3, 0.4) is 0 Å². The number of halogens is 1. The molecule has 0 radical (unpaired) electrons. The van der Waals surface area contributed by atoms with E-state index in [9.17, 15) is 19.1 Å². The highest BCUT2D eigenvalue weighted by molar-refractivity contribution is 5.85. The molecule has 2 rings (SSSR count). The van der Waals surface area contributed by atoms with E-state index in [0.29, 0.717) is 5.75 Å². The first-order chi connectivity index (χ1) is 9.47. The van der Waals surface area contributed by atoms with Crippen molar-refractivity contribution in [3.05, 3.63) is 30.1 Å². The number of carbonyl (C=O) groups is 2. The van der Waals surface area contributed by atoms with Crippen molar-refractivity contribution in [2.24, 2.45) is 0 Å². The van der Waals surface area contributed by atoms with Crippen molar-refractivity contribution in [3.8, 4) is 5.75 Å². The summed E-state index contributed by atoms with van der Waals surface area (Å²) < 4.78 is 17.9. The molecule has 2 N–H and O–H groups in total. The third-order valence-electron chi connectivity index (χ3n) is 3.06. The third-order valence-corrected chi connectivity index (χ3v) is 3.06. The number of carboxylic acid groups (broad SMARTS) is 1. The summed E-state index contributed by atoms with van der Waals surface area (Å²) in [5, 5.41) is 18.4. The van der Waals surface area contributed by atoms with Crippen LogP contribution in [0.2, 0.25) is 0 Å². The fourth-order valence-electron chi connectivity index (χ4n) is 2.08. The quantitative estimate of drug-likeness (QED) is 0.827. The van der Waals surface area contributed by atoms with Gasteiger partial charge in [0.2, 0.25) is 0 Å². The summed E-state index contributed by atoms with van der Waals surface area (Å²) in [6.07, 6.45) is -0.830. The fraction of sp³-hybridized carbons (Fsp3) is 0.385. The molecule has 1 aliphatic heterocycles. The highest BCUT2D eigenvalue weighted by Gasteiger charge is 2.38. The molecule has 0 bridgehead atoms. The zero-order chi connectivity index (χ0) is 14.7. The number of hydrogen-bond donors (Lipinski definition) is 2. The Hall–Kier alpha value is -2.15. The Bertz CT molecular complexity index is 504. The van der Waals surface area contributed by atoms with Crippen LogP contribution in [0.1, 0.15) is 6.42 Å². The number of rotatable bonds is 4. The highest BCUT2D eigenvalue weighted by atomic mass is 19.1. The lowest BCUT2D eigenvalue weighted by molar-refractivity contribution is -0.148. The summed E-state index contributed by atoms with van der Waals surface area (Å²) in [6.45, 7) is -0.384. The second-order valence-electron chi connectivity index (χ2n) is 4.53. The van der Waals surface area contributed by atoms with Crippen molar-refractivity contribution < 1.29 is 28.9 Å². The predicted octanol–water partition coefficient (Wildman–Crippen LogP) is 0.251. The molecule has 0 spiro atoms. The lowest BCUT2D eigenvalue weighted by Gasteiger charge is -2.21. The van der Waals surface area contributed by atoms with Crippen molar-refractivity contribution in [1.82, 2.24) is 4.90 Å². The van der Waals surface area contributed by atoms with Gasteiger partial charge in [0.05, 0.1) is 6.10 Å². The molecule has 1 aromatic rings.